The number of aromatic nitrogens is 2. The summed E-state index contributed by atoms with van der Waals surface area (Å²) in [4.78, 5) is 13.2. The van der Waals surface area contributed by atoms with E-state index in [1.165, 1.54) is 0 Å². The number of rotatable bonds is 5. The van der Waals surface area contributed by atoms with Crippen LogP contribution in [0.1, 0.15) is 30.1 Å². The van der Waals surface area contributed by atoms with Gasteiger partial charge in [-0.2, -0.15) is 5.10 Å². The first-order chi connectivity index (χ1) is 14.2. The van der Waals surface area contributed by atoms with Crippen molar-refractivity contribution in [2.75, 3.05) is 13.7 Å². The second-order valence-corrected chi connectivity index (χ2v) is 7.37. The van der Waals surface area contributed by atoms with Crippen molar-refractivity contribution in [3.8, 4) is 22.7 Å². The topological polar surface area (TPSA) is 68.2 Å². The van der Waals surface area contributed by atoms with E-state index in [0.717, 1.165) is 36.4 Å². The first-order valence-electron chi connectivity index (χ1n) is 9.99. The average molecular weight is 390 g/mol. The molecule has 0 saturated carbocycles. The Hall–Kier alpha value is -3.12. The number of methoxy groups -OCH3 is 1. The molecule has 0 spiro atoms. The molecule has 1 aliphatic heterocycles. The second kappa shape index (κ2) is 8.49. The summed E-state index contributed by atoms with van der Waals surface area (Å²) in [5, 5.41) is 11.4. The van der Waals surface area contributed by atoms with Gasteiger partial charge in [0, 0.05) is 23.8 Å². The number of nitrogens with one attached hydrogen (secondary N) is 2. The summed E-state index contributed by atoms with van der Waals surface area (Å²) >= 11 is 0. The molecule has 29 heavy (non-hydrogen) atoms. The van der Waals surface area contributed by atoms with Gasteiger partial charge in [-0.05, 0) is 50.6 Å². The minimum atomic E-state index is -0.106. The molecule has 150 valence electrons. The van der Waals surface area contributed by atoms with Crippen molar-refractivity contribution in [3.63, 3.8) is 0 Å². The van der Waals surface area contributed by atoms with Crippen LogP contribution in [0.4, 0.5) is 0 Å². The third-order valence-electron chi connectivity index (χ3n) is 5.40. The smallest absolute Gasteiger partial charge is 0.255 e. The van der Waals surface area contributed by atoms with Crippen LogP contribution >= 0.6 is 0 Å². The highest BCUT2D eigenvalue weighted by molar-refractivity contribution is 6.00. The number of hydrogen-bond donors (Lipinski definition) is 2. The Morgan fingerprint density at radius 3 is 2.79 bits per heavy atom. The molecule has 6 heteroatoms. The quantitative estimate of drug-likeness (QED) is 0.701. The molecule has 1 saturated heterocycles. The molecule has 2 heterocycles. The SMILES string of the molecule is COc1cccc(-c2nn(-c3ccccc3)cc2C(=O)NC2CCCNC2C)c1. The fourth-order valence-corrected chi connectivity index (χ4v) is 3.72. The van der Waals surface area contributed by atoms with Crippen LogP contribution in [0.15, 0.2) is 60.8 Å². The number of carbonyl (C=O) groups is 1. The van der Waals surface area contributed by atoms with Crippen LogP contribution in [-0.2, 0) is 0 Å². The monoisotopic (exact) mass is 390 g/mol. The summed E-state index contributed by atoms with van der Waals surface area (Å²) in [6, 6.07) is 17.8. The molecule has 1 aromatic heterocycles. The fraction of sp³-hybridized carbons (Fsp3) is 0.304. The Morgan fingerprint density at radius 1 is 1.21 bits per heavy atom. The van der Waals surface area contributed by atoms with Crippen molar-refractivity contribution in [1.82, 2.24) is 20.4 Å². The number of ether oxygens (including phenoxy) is 1. The summed E-state index contributed by atoms with van der Waals surface area (Å²) in [5.41, 5.74) is 2.95. The lowest BCUT2D eigenvalue weighted by atomic mass is 9.99. The van der Waals surface area contributed by atoms with E-state index < -0.39 is 0 Å². The van der Waals surface area contributed by atoms with Crippen molar-refractivity contribution >= 4 is 5.91 Å². The maximum atomic E-state index is 13.2. The van der Waals surface area contributed by atoms with E-state index in [1.54, 1.807) is 18.0 Å². The first-order valence-corrected chi connectivity index (χ1v) is 9.99. The van der Waals surface area contributed by atoms with Crippen molar-refractivity contribution in [1.29, 1.82) is 0 Å². The van der Waals surface area contributed by atoms with Crippen molar-refractivity contribution in [2.45, 2.75) is 31.8 Å². The van der Waals surface area contributed by atoms with Gasteiger partial charge in [0.15, 0.2) is 0 Å². The van der Waals surface area contributed by atoms with Gasteiger partial charge >= 0.3 is 0 Å². The van der Waals surface area contributed by atoms with Gasteiger partial charge in [0.1, 0.15) is 11.4 Å². The molecule has 1 fully saturated rings. The highest BCUT2D eigenvalue weighted by Crippen LogP contribution is 2.27. The van der Waals surface area contributed by atoms with Crippen molar-refractivity contribution in [3.05, 3.63) is 66.4 Å². The average Bonchev–Trinajstić information content (AvgIpc) is 3.22. The number of benzene rings is 2. The third kappa shape index (κ3) is 4.17. The number of piperidine rings is 1. The Morgan fingerprint density at radius 2 is 2.03 bits per heavy atom. The molecule has 4 rings (SSSR count). The number of amides is 1. The van der Waals surface area contributed by atoms with Crippen LogP contribution in [0, 0.1) is 0 Å². The molecular weight excluding hydrogens is 364 g/mol. The van der Waals surface area contributed by atoms with Gasteiger partial charge in [-0.1, -0.05) is 30.3 Å². The lowest BCUT2D eigenvalue weighted by Gasteiger charge is -2.30. The van der Waals surface area contributed by atoms with E-state index in [9.17, 15) is 4.79 Å². The highest BCUT2D eigenvalue weighted by atomic mass is 16.5. The van der Waals surface area contributed by atoms with Gasteiger partial charge in [-0.15, -0.1) is 0 Å². The number of nitrogens with zero attached hydrogens (tertiary/aromatic N) is 2. The first kappa shape index (κ1) is 19.2. The summed E-state index contributed by atoms with van der Waals surface area (Å²) in [7, 11) is 1.63. The number of para-hydroxylation sites is 1. The van der Waals surface area contributed by atoms with E-state index in [0.29, 0.717) is 11.3 Å². The summed E-state index contributed by atoms with van der Waals surface area (Å²) in [6.07, 6.45) is 3.84. The zero-order valence-electron chi connectivity index (χ0n) is 16.8. The summed E-state index contributed by atoms with van der Waals surface area (Å²) in [6.45, 7) is 3.11. The van der Waals surface area contributed by atoms with E-state index in [4.69, 9.17) is 9.84 Å². The third-order valence-corrected chi connectivity index (χ3v) is 5.40. The van der Waals surface area contributed by atoms with Gasteiger partial charge in [0.2, 0.25) is 0 Å². The van der Waals surface area contributed by atoms with Gasteiger partial charge in [-0.25, -0.2) is 4.68 Å². The lowest BCUT2D eigenvalue weighted by Crippen LogP contribution is -2.51. The Balaban J connectivity index is 1.72. The van der Waals surface area contributed by atoms with E-state index in [-0.39, 0.29) is 18.0 Å². The summed E-state index contributed by atoms with van der Waals surface area (Å²) < 4.78 is 7.12. The number of carbonyl (C=O) groups excluding carboxylic acids is 1. The zero-order valence-corrected chi connectivity index (χ0v) is 16.8. The van der Waals surface area contributed by atoms with Crippen LogP contribution < -0.4 is 15.4 Å². The van der Waals surface area contributed by atoms with Gasteiger partial charge < -0.3 is 15.4 Å². The van der Waals surface area contributed by atoms with E-state index in [2.05, 4.69) is 17.6 Å². The van der Waals surface area contributed by atoms with Crippen molar-refractivity contribution < 1.29 is 9.53 Å². The fourth-order valence-electron chi connectivity index (χ4n) is 3.72. The molecule has 2 N–H and O–H groups in total. The Kier molecular flexibility index (Phi) is 5.62. The number of hydrogen-bond acceptors (Lipinski definition) is 4. The molecule has 0 radical (unpaired) electrons. The molecule has 2 atom stereocenters. The maximum absolute atomic E-state index is 13.2. The van der Waals surface area contributed by atoms with Crippen molar-refractivity contribution in [2.24, 2.45) is 0 Å². The minimum Gasteiger partial charge on any atom is -0.497 e. The maximum Gasteiger partial charge on any atom is 0.255 e. The molecular formula is C23H26N4O2. The minimum absolute atomic E-state index is 0.106. The molecule has 1 aliphatic rings. The molecule has 2 aromatic carbocycles. The van der Waals surface area contributed by atoms with Crippen LogP contribution in [0.2, 0.25) is 0 Å². The molecule has 6 nitrogen and oxygen atoms in total. The van der Waals surface area contributed by atoms with Crippen LogP contribution in [0.3, 0.4) is 0 Å². The standard InChI is InChI=1S/C23H26N4O2/c1-16-21(12-7-13-24-16)25-23(28)20-15-27(18-9-4-3-5-10-18)26-22(20)17-8-6-11-19(14-17)29-2/h3-6,8-11,14-16,21,24H,7,12-13H2,1-2H3,(H,25,28). The predicted octanol–water partition coefficient (Wildman–Crippen LogP) is 3.42. The van der Waals surface area contributed by atoms with Crippen LogP contribution in [0.5, 0.6) is 5.75 Å². The van der Waals surface area contributed by atoms with E-state index in [1.807, 2.05) is 54.6 Å². The highest BCUT2D eigenvalue weighted by Gasteiger charge is 2.26. The Bertz CT molecular complexity index is 984. The zero-order chi connectivity index (χ0) is 20.2. The predicted molar refractivity (Wildman–Crippen MR) is 114 cm³/mol. The van der Waals surface area contributed by atoms with E-state index >= 15 is 0 Å². The van der Waals surface area contributed by atoms with Gasteiger partial charge in [-0.3, -0.25) is 4.79 Å². The largest absolute Gasteiger partial charge is 0.497 e. The van der Waals surface area contributed by atoms with Gasteiger partial charge in [0.05, 0.1) is 18.4 Å². The second-order valence-electron chi connectivity index (χ2n) is 7.37. The molecule has 0 aliphatic carbocycles. The van der Waals surface area contributed by atoms with Crippen LogP contribution in [0.25, 0.3) is 16.9 Å². The molecule has 2 unspecified atom stereocenters. The lowest BCUT2D eigenvalue weighted by molar-refractivity contribution is 0.0920. The van der Waals surface area contributed by atoms with Gasteiger partial charge in [0.25, 0.3) is 5.91 Å². The van der Waals surface area contributed by atoms with Crippen LogP contribution in [-0.4, -0.2) is 41.4 Å². The molecule has 3 aromatic rings. The molecule has 1 amide bonds. The Labute approximate surface area is 170 Å². The molecule has 0 bridgehead atoms. The normalized spacial score (nSPS) is 19.0. The summed E-state index contributed by atoms with van der Waals surface area (Å²) in [5.74, 6) is 0.624.